The third kappa shape index (κ3) is 9.70. The number of hydrogen-bond donors (Lipinski definition) is 4. The molecule has 0 aliphatic carbocycles. The Morgan fingerprint density at radius 2 is 1.21 bits per heavy atom. The van der Waals surface area contributed by atoms with Gasteiger partial charge in [-0.05, 0) is 76.4 Å². The fraction of sp³-hybridized carbons (Fsp3) is 0.340. The number of allylic oxidation sites excluding steroid dienone is 2. The Hall–Kier alpha value is -8.63. The van der Waals surface area contributed by atoms with Crippen LogP contribution in [0.1, 0.15) is 79.8 Å². The normalized spacial score (nSPS) is 13.8. The number of carbonyl (C=O) groups excluding carboxylic acids is 7. The van der Waals surface area contributed by atoms with Crippen molar-refractivity contribution >= 4 is 75.3 Å². The number of nitrogens with zero attached hydrogens (tertiary/aromatic N) is 10. The van der Waals surface area contributed by atoms with E-state index in [1.165, 1.54) is 43.5 Å². The van der Waals surface area contributed by atoms with Crippen molar-refractivity contribution in [2.75, 3.05) is 44.0 Å². The highest BCUT2D eigenvalue weighted by Crippen LogP contribution is 2.34. The first-order chi connectivity index (χ1) is 33.6. The zero-order valence-corrected chi connectivity index (χ0v) is 39.2. The molecular formula is C47H52N14O9. The van der Waals surface area contributed by atoms with Gasteiger partial charge in [0.25, 0.3) is 23.6 Å². The number of ether oxygens (including phenoxy) is 2. The molecule has 1 saturated heterocycles. The molecule has 0 bridgehead atoms. The Bertz CT molecular complexity index is 3150. The van der Waals surface area contributed by atoms with Gasteiger partial charge >= 0.3 is 0 Å². The maximum absolute atomic E-state index is 13.9. The average Bonchev–Trinajstić information content (AvgIpc) is 4.14. The van der Waals surface area contributed by atoms with Crippen molar-refractivity contribution in [2.45, 2.75) is 66.7 Å². The van der Waals surface area contributed by atoms with Gasteiger partial charge < -0.3 is 35.0 Å². The van der Waals surface area contributed by atoms with Crippen LogP contribution < -0.4 is 31.6 Å². The molecule has 23 nitrogen and oxygen atoms in total. The number of primary amides is 2. The van der Waals surface area contributed by atoms with Crippen molar-refractivity contribution in [3.8, 4) is 11.5 Å². The molecule has 4 aromatic heterocycles. The van der Waals surface area contributed by atoms with Crippen LogP contribution in [0.15, 0.2) is 60.7 Å². The summed E-state index contributed by atoms with van der Waals surface area (Å²) in [5, 5.41) is 14.6. The first-order valence-electron chi connectivity index (χ1n) is 22.6. The van der Waals surface area contributed by atoms with Crippen LogP contribution in [0, 0.1) is 19.8 Å². The molecule has 7 amide bonds. The number of hydrogen-bond acceptors (Lipinski definition) is 13. The Balaban J connectivity index is 1.08. The van der Waals surface area contributed by atoms with E-state index in [9.17, 15) is 33.6 Å². The molecule has 70 heavy (non-hydrogen) atoms. The van der Waals surface area contributed by atoms with Crippen LogP contribution in [-0.4, -0.2) is 123 Å². The third-order valence-electron chi connectivity index (χ3n) is 12.0. The van der Waals surface area contributed by atoms with Crippen LogP contribution in [0.25, 0.3) is 22.1 Å². The third-order valence-corrected chi connectivity index (χ3v) is 12.0. The molecule has 0 unspecified atom stereocenters. The Labute approximate surface area is 400 Å². The Kier molecular flexibility index (Phi) is 13.6. The molecule has 0 atom stereocenters. The average molecular weight is 957 g/mol. The zero-order valence-electron chi connectivity index (χ0n) is 39.2. The molecule has 364 valence electrons. The first kappa shape index (κ1) is 47.8. The monoisotopic (exact) mass is 956 g/mol. The Morgan fingerprint density at radius 1 is 0.729 bits per heavy atom. The number of imidazole rings is 2. The van der Waals surface area contributed by atoms with Gasteiger partial charge in [-0.3, -0.25) is 58.5 Å². The van der Waals surface area contributed by atoms with E-state index in [1.807, 2.05) is 26.0 Å². The van der Waals surface area contributed by atoms with E-state index in [0.717, 1.165) is 4.90 Å². The smallest absolute Gasteiger partial charge is 0.276 e. The van der Waals surface area contributed by atoms with E-state index < -0.39 is 35.4 Å². The van der Waals surface area contributed by atoms with Gasteiger partial charge in [-0.25, -0.2) is 9.97 Å². The molecule has 6 aromatic rings. The number of anilines is 2. The van der Waals surface area contributed by atoms with Gasteiger partial charge in [0.1, 0.15) is 33.9 Å². The molecule has 8 rings (SSSR count). The van der Waals surface area contributed by atoms with Crippen LogP contribution >= 0.6 is 0 Å². The second-order valence-electron chi connectivity index (χ2n) is 16.8. The lowest BCUT2D eigenvalue weighted by atomic mass is 9.96. The van der Waals surface area contributed by atoms with Crippen LogP contribution in [0.2, 0.25) is 0 Å². The topological polar surface area (TPSA) is 292 Å². The molecule has 2 aromatic carbocycles. The van der Waals surface area contributed by atoms with Crippen LogP contribution in [0.3, 0.4) is 0 Å². The minimum Gasteiger partial charge on any atom is -0.494 e. The Morgan fingerprint density at radius 3 is 1.69 bits per heavy atom. The van der Waals surface area contributed by atoms with E-state index in [-0.39, 0.29) is 79.0 Å². The zero-order chi connectivity index (χ0) is 50.0. The second kappa shape index (κ2) is 19.9. The molecule has 23 heteroatoms. The number of aryl methyl sites for hydroxylation is 4. The predicted octanol–water partition coefficient (Wildman–Crippen LogP) is 2.95. The van der Waals surface area contributed by atoms with Gasteiger partial charge in [0.15, 0.2) is 0 Å². The molecule has 0 spiro atoms. The SMILES string of the molecule is CCn1nc(C)cc1C(=O)Nc1nc2cc(C(N)=O)cc(OC)c2n1C/C=C/Cn1c(NC(=O)c2cc(C)nn2CC)nc2cc(C(N)=O)cc(OCCC3CN(C(=O)CCN4C(=O)C=CC4=O)C3)c21. The number of methoxy groups -OCH3 is 1. The van der Waals surface area contributed by atoms with E-state index >= 15 is 0 Å². The van der Waals surface area contributed by atoms with Crippen molar-refractivity contribution < 1.29 is 43.0 Å². The van der Waals surface area contributed by atoms with Crippen molar-refractivity contribution in [3.63, 3.8) is 0 Å². The summed E-state index contributed by atoms with van der Waals surface area (Å²) in [6.07, 6.45) is 6.55. The van der Waals surface area contributed by atoms with Gasteiger partial charge in [0.05, 0.1) is 36.1 Å². The molecule has 2 aliphatic rings. The summed E-state index contributed by atoms with van der Waals surface area (Å²) in [6, 6.07) is 9.38. The van der Waals surface area contributed by atoms with Gasteiger partial charge in [-0.1, -0.05) is 12.2 Å². The molecule has 2 aliphatic heterocycles. The van der Waals surface area contributed by atoms with Crippen LogP contribution in [0.5, 0.6) is 11.5 Å². The second-order valence-corrected chi connectivity index (χ2v) is 16.8. The number of nitrogens with two attached hydrogens (primary N) is 2. The van der Waals surface area contributed by atoms with E-state index in [4.69, 9.17) is 25.9 Å². The molecule has 0 radical (unpaired) electrons. The van der Waals surface area contributed by atoms with E-state index in [2.05, 4.69) is 25.8 Å². The fourth-order valence-corrected chi connectivity index (χ4v) is 8.49. The number of benzene rings is 2. The van der Waals surface area contributed by atoms with Gasteiger partial charge in [-0.15, -0.1) is 0 Å². The number of carbonyl (C=O) groups is 7. The van der Waals surface area contributed by atoms with Gasteiger partial charge in [-0.2, -0.15) is 10.2 Å². The quantitative estimate of drug-likeness (QED) is 0.0633. The maximum atomic E-state index is 13.9. The highest BCUT2D eigenvalue weighted by molar-refractivity contribution is 6.13. The predicted molar refractivity (Wildman–Crippen MR) is 254 cm³/mol. The molecule has 6 N–H and O–H groups in total. The lowest BCUT2D eigenvalue weighted by molar-refractivity contribution is -0.140. The van der Waals surface area contributed by atoms with Crippen molar-refractivity contribution in [1.29, 1.82) is 0 Å². The van der Waals surface area contributed by atoms with E-state index in [0.29, 0.717) is 77.4 Å². The summed E-state index contributed by atoms with van der Waals surface area (Å²) in [5.74, 6) is -2.47. The highest BCUT2D eigenvalue weighted by atomic mass is 16.5. The fourth-order valence-electron chi connectivity index (χ4n) is 8.49. The highest BCUT2D eigenvalue weighted by Gasteiger charge is 2.32. The number of nitrogens with one attached hydrogen (secondary N) is 2. The maximum Gasteiger partial charge on any atom is 0.276 e. The number of imide groups is 1. The summed E-state index contributed by atoms with van der Waals surface area (Å²) in [5.41, 5.74) is 15.2. The summed E-state index contributed by atoms with van der Waals surface area (Å²) in [6.45, 7) is 9.53. The van der Waals surface area contributed by atoms with Crippen molar-refractivity contribution in [3.05, 3.63) is 94.6 Å². The largest absolute Gasteiger partial charge is 0.494 e. The summed E-state index contributed by atoms with van der Waals surface area (Å²) in [7, 11) is 1.44. The van der Waals surface area contributed by atoms with Gasteiger partial charge in [0.2, 0.25) is 29.6 Å². The minimum atomic E-state index is -0.724. The molecule has 6 heterocycles. The minimum absolute atomic E-state index is 0.00737. The van der Waals surface area contributed by atoms with Crippen LogP contribution in [-0.2, 0) is 40.6 Å². The van der Waals surface area contributed by atoms with Gasteiger partial charge in [0, 0.05) is 75.5 Å². The number of fused-ring (bicyclic) bond motifs is 2. The lowest BCUT2D eigenvalue weighted by Crippen LogP contribution is -2.51. The summed E-state index contributed by atoms with van der Waals surface area (Å²) in [4.78, 5) is 101. The number of amides is 7. The number of aromatic nitrogens is 8. The summed E-state index contributed by atoms with van der Waals surface area (Å²) < 4.78 is 18.7. The molecule has 1 fully saturated rings. The molecular weight excluding hydrogens is 905 g/mol. The van der Waals surface area contributed by atoms with E-state index in [1.54, 1.807) is 49.4 Å². The number of likely N-dealkylation sites (tertiary alicyclic amines) is 1. The summed E-state index contributed by atoms with van der Waals surface area (Å²) >= 11 is 0. The van der Waals surface area contributed by atoms with Crippen LogP contribution in [0.4, 0.5) is 11.9 Å². The van der Waals surface area contributed by atoms with Crippen molar-refractivity contribution in [1.82, 2.24) is 48.5 Å². The number of rotatable bonds is 20. The standard InChI is InChI=1S/C47H52N14O9/c1-6-60-33(18-26(3)54-60)44(67)52-46-50-31-20-29(42(48)65)22-35(69-5)40(31)58(46)14-8-9-15-59-41-32(51-47(59)53-45(68)34-19-27(4)55-61(34)7-2)21-30(43(49)66)23-36(41)70-17-13-28-24-56(25-28)37(62)12-16-57-38(63)10-11-39(57)64/h8-11,18-23,28H,6-7,12-17,24-25H2,1-5H3,(H2,48,65)(H2,49,66)(H,50,52,67)(H,51,53,68)/b9-8+. The molecule has 0 saturated carbocycles. The first-order valence-corrected chi connectivity index (χ1v) is 22.6. The van der Waals surface area contributed by atoms with Crippen molar-refractivity contribution in [2.24, 2.45) is 17.4 Å². The lowest BCUT2D eigenvalue weighted by Gasteiger charge is -2.39.